The summed E-state index contributed by atoms with van der Waals surface area (Å²) in [6.45, 7) is 1.71. The standard InChI is InChI=1S/C13H17NO4/c1-9-4-2-3-5-10(9)6-7-12(16)14-8-11(15)13(17)18/h2-5,11,15H,6-8H2,1H3,(H,14,16)(H,17,18)/t11-/m0/s1. The molecule has 98 valence electrons. The Morgan fingerprint density at radius 1 is 1.33 bits per heavy atom. The molecule has 0 bridgehead atoms. The van der Waals surface area contributed by atoms with Crippen molar-refractivity contribution in [2.75, 3.05) is 6.54 Å². The highest BCUT2D eigenvalue weighted by Crippen LogP contribution is 2.09. The zero-order valence-corrected chi connectivity index (χ0v) is 10.2. The van der Waals surface area contributed by atoms with Gasteiger partial charge in [0, 0.05) is 6.42 Å². The third kappa shape index (κ3) is 4.55. The van der Waals surface area contributed by atoms with Crippen molar-refractivity contribution in [2.24, 2.45) is 0 Å². The summed E-state index contributed by atoms with van der Waals surface area (Å²) >= 11 is 0. The van der Waals surface area contributed by atoms with Crippen LogP contribution in [-0.2, 0) is 16.0 Å². The molecule has 0 heterocycles. The lowest BCUT2D eigenvalue weighted by molar-refractivity contribution is -0.146. The van der Waals surface area contributed by atoms with Gasteiger partial charge in [0.15, 0.2) is 6.10 Å². The van der Waals surface area contributed by atoms with Crippen LogP contribution in [0.3, 0.4) is 0 Å². The summed E-state index contributed by atoms with van der Waals surface area (Å²) in [7, 11) is 0. The number of aliphatic hydroxyl groups excluding tert-OH is 1. The second-order valence-corrected chi connectivity index (χ2v) is 4.08. The number of aliphatic hydroxyl groups is 1. The van der Waals surface area contributed by atoms with E-state index < -0.39 is 12.1 Å². The average molecular weight is 251 g/mol. The fraction of sp³-hybridized carbons (Fsp3) is 0.385. The second kappa shape index (κ2) is 6.76. The Morgan fingerprint density at radius 2 is 2.00 bits per heavy atom. The highest BCUT2D eigenvalue weighted by atomic mass is 16.4. The lowest BCUT2D eigenvalue weighted by Crippen LogP contribution is -2.36. The molecule has 1 rings (SSSR count). The first-order chi connectivity index (χ1) is 8.50. The van der Waals surface area contributed by atoms with Gasteiger partial charge in [-0.05, 0) is 24.5 Å². The van der Waals surface area contributed by atoms with Gasteiger partial charge >= 0.3 is 5.97 Å². The molecule has 1 aromatic rings. The molecular formula is C13H17NO4. The minimum Gasteiger partial charge on any atom is -0.479 e. The molecule has 18 heavy (non-hydrogen) atoms. The number of carboxylic acids is 1. The predicted molar refractivity (Wildman–Crippen MR) is 66.2 cm³/mol. The molecule has 0 aliphatic carbocycles. The number of aliphatic carboxylic acids is 1. The van der Waals surface area contributed by atoms with Gasteiger partial charge in [0.2, 0.25) is 5.91 Å². The number of carbonyl (C=O) groups excluding carboxylic acids is 1. The molecule has 5 nitrogen and oxygen atoms in total. The number of rotatable bonds is 6. The van der Waals surface area contributed by atoms with E-state index in [2.05, 4.69) is 5.32 Å². The van der Waals surface area contributed by atoms with Crippen LogP contribution in [0.25, 0.3) is 0 Å². The van der Waals surface area contributed by atoms with Gasteiger partial charge in [0.25, 0.3) is 0 Å². The molecule has 0 spiro atoms. The number of carboxylic acid groups (broad SMARTS) is 1. The van der Waals surface area contributed by atoms with Crippen LogP contribution in [0.1, 0.15) is 17.5 Å². The van der Waals surface area contributed by atoms with E-state index in [4.69, 9.17) is 10.2 Å². The fourth-order valence-electron chi connectivity index (χ4n) is 1.52. The zero-order valence-electron chi connectivity index (χ0n) is 10.2. The Labute approximate surface area is 105 Å². The Morgan fingerprint density at radius 3 is 2.61 bits per heavy atom. The molecule has 1 aromatic carbocycles. The molecule has 1 amide bonds. The molecule has 3 N–H and O–H groups in total. The van der Waals surface area contributed by atoms with Gasteiger partial charge in [-0.1, -0.05) is 24.3 Å². The molecule has 0 aliphatic rings. The smallest absolute Gasteiger partial charge is 0.334 e. The van der Waals surface area contributed by atoms with Crippen molar-refractivity contribution in [2.45, 2.75) is 25.9 Å². The molecule has 0 aromatic heterocycles. The van der Waals surface area contributed by atoms with Crippen molar-refractivity contribution < 1.29 is 19.8 Å². The van der Waals surface area contributed by atoms with Crippen LogP contribution in [0.5, 0.6) is 0 Å². The zero-order chi connectivity index (χ0) is 13.5. The number of aryl methyl sites for hydroxylation is 2. The van der Waals surface area contributed by atoms with Crippen LogP contribution in [0.15, 0.2) is 24.3 Å². The first-order valence-corrected chi connectivity index (χ1v) is 5.72. The van der Waals surface area contributed by atoms with E-state index in [0.717, 1.165) is 11.1 Å². The van der Waals surface area contributed by atoms with Gasteiger partial charge in [-0.25, -0.2) is 4.79 Å². The molecule has 5 heteroatoms. The highest BCUT2D eigenvalue weighted by Gasteiger charge is 2.13. The summed E-state index contributed by atoms with van der Waals surface area (Å²) in [4.78, 5) is 21.8. The van der Waals surface area contributed by atoms with E-state index in [1.807, 2.05) is 31.2 Å². The van der Waals surface area contributed by atoms with Gasteiger partial charge in [-0.2, -0.15) is 0 Å². The fourth-order valence-corrected chi connectivity index (χ4v) is 1.52. The summed E-state index contributed by atoms with van der Waals surface area (Å²) in [5, 5.41) is 19.8. The first-order valence-electron chi connectivity index (χ1n) is 5.72. The Bertz CT molecular complexity index is 431. The summed E-state index contributed by atoms with van der Waals surface area (Å²) in [6.07, 6.45) is -0.675. The van der Waals surface area contributed by atoms with Crippen molar-refractivity contribution in [3.8, 4) is 0 Å². The molecule has 0 saturated heterocycles. The van der Waals surface area contributed by atoms with Crippen molar-refractivity contribution >= 4 is 11.9 Å². The average Bonchev–Trinajstić information content (AvgIpc) is 2.34. The molecule has 1 atom stereocenters. The van der Waals surface area contributed by atoms with E-state index in [-0.39, 0.29) is 18.9 Å². The van der Waals surface area contributed by atoms with E-state index in [0.29, 0.717) is 6.42 Å². The molecule has 0 saturated carbocycles. The van der Waals surface area contributed by atoms with E-state index in [1.165, 1.54) is 0 Å². The Hall–Kier alpha value is -1.88. The van der Waals surface area contributed by atoms with Crippen LogP contribution in [0.4, 0.5) is 0 Å². The lowest BCUT2D eigenvalue weighted by Gasteiger charge is -2.08. The Balaban J connectivity index is 2.34. The van der Waals surface area contributed by atoms with Crippen molar-refractivity contribution in [1.29, 1.82) is 0 Å². The monoisotopic (exact) mass is 251 g/mol. The van der Waals surface area contributed by atoms with Crippen LogP contribution in [0, 0.1) is 6.92 Å². The predicted octanol–water partition coefficient (Wildman–Crippen LogP) is 0.489. The maximum atomic E-state index is 11.4. The quantitative estimate of drug-likeness (QED) is 0.686. The lowest BCUT2D eigenvalue weighted by atomic mass is 10.0. The van der Waals surface area contributed by atoms with Crippen molar-refractivity contribution in [3.05, 3.63) is 35.4 Å². The van der Waals surface area contributed by atoms with Gasteiger partial charge in [-0.3, -0.25) is 4.79 Å². The third-order valence-electron chi connectivity index (χ3n) is 2.66. The van der Waals surface area contributed by atoms with Crippen molar-refractivity contribution in [3.63, 3.8) is 0 Å². The van der Waals surface area contributed by atoms with Crippen LogP contribution in [-0.4, -0.2) is 34.7 Å². The highest BCUT2D eigenvalue weighted by molar-refractivity contribution is 5.78. The van der Waals surface area contributed by atoms with Gasteiger partial charge in [0.1, 0.15) is 0 Å². The third-order valence-corrected chi connectivity index (χ3v) is 2.66. The SMILES string of the molecule is Cc1ccccc1CCC(=O)NC[C@H](O)C(=O)O. The molecule has 0 aliphatic heterocycles. The molecule has 0 fully saturated rings. The first kappa shape index (κ1) is 14.2. The largest absolute Gasteiger partial charge is 0.479 e. The molecule has 0 radical (unpaired) electrons. The van der Waals surface area contributed by atoms with Crippen LogP contribution in [0.2, 0.25) is 0 Å². The maximum absolute atomic E-state index is 11.4. The van der Waals surface area contributed by atoms with E-state index in [1.54, 1.807) is 0 Å². The number of hydrogen-bond donors (Lipinski definition) is 3. The number of carbonyl (C=O) groups is 2. The van der Waals surface area contributed by atoms with E-state index >= 15 is 0 Å². The second-order valence-electron chi connectivity index (χ2n) is 4.08. The van der Waals surface area contributed by atoms with Gasteiger partial charge in [-0.15, -0.1) is 0 Å². The topological polar surface area (TPSA) is 86.6 Å². The van der Waals surface area contributed by atoms with Crippen LogP contribution < -0.4 is 5.32 Å². The summed E-state index contributed by atoms with van der Waals surface area (Å²) in [5.41, 5.74) is 2.21. The Kier molecular flexibility index (Phi) is 5.32. The molecule has 0 unspecified atom stereocenters. The summed E-state index contributed by atoms with van der Waals surface area (Å²) in [5.74, 6) is -1.60. The van der Waals surface area contributed by atoms with Gasteiger partial charge in [0.05, 0.1) is 6.54 Å². The number of nitrogens with one attached hydrogen (secondary N) is 1. The minimum atomic E-state index is -1.55. The van der Waals surface area contributed by atoms with Crippen LogP contribution >= 0.6 is 0 Å². The van der Waals surface area contributed by atoms with E-state index in [9.17, 15) is 9.59 Å². The molecular weight excluding hydrogens is 234 g/mol. The summed E-state index contributed by atoms with van der Waals surface area (Å²) in [6, 6.07) is 7.77. The minimum absolute atomic E-state index is 0.262. The number of benzene rings is 1. The van der Waals surface area contributed by atoms with Crippen molar-refractivity contribution in [1.82, 2.24) is 5.32 Å². The number of hydrogen-bond acceptors (Lipinski definition) is 3. The van der Waals surface area contributed by atoms with Gasteiger partial charge < -0.3 is 15.5 Å². The number of amides is 1. The maximum Gasteiger partial charge on any atom is 0.334 e. The normalized spacial score (nSPS) is 11.9. The summed E-state index contributed by atoms with van der Waals surface area (Å²) < 4.78 is 0.